The van der Waals surface area contributed by atoms with Gasteiger partial charge in [-0.15, -0.1) is 0 Å². The smallest absolute Gasteiger partial charge is 0.244 e. The van der Waals surface area contributed by atoms with E-state index in [9.17, 15) is 13.2 Å². The normalized spacial score (nSPS) is 13.4. The van der Waals surface area contributed by atoms with Crippen LogP contribution in [0.3, 0.4) is 0 Å². The average Bonchev–Trinajstić information content (AvgIpc) is 2.67. The van der Waals surface area contributed by atoms with Crippen LogP contribution < -0.4 is 14.4 Å². The highest BCUT2D eigenvalue weighted by Crippen LogP contribution is 2.32. The molecular formula is C23H31ClN2O4S. The van der Waals surface area contributed by atoms with E-state index in [-0.39, 0.29) is 17.0 Å². The Morgan fingerprint density at radius 1 is 1.13 bits per heavy atom. The van der Waals surface area contributed by atoms with Crippen LogP contribution in [0.25, 0.3) is 0 Å². The molecule has 1 amide bonds. The number of sulfonamides is 1. The predicted octanol–water partition coefficient (Wildman–Crippen LogP) is 4.70. The predicted molar refractivity (Wildman–Crippen MR) is 127 cm³/mol. The van der Waals surface area contributed by atoms with Crippen molar-refractivity contribution in [2.75, 3.05) is 17.7 Å². The van der Waals surface area contributed by atoms with Crippen LogP contribution in [0.1, 0.15) is 48.6 Å². The van der Waals surface area contributed by atoms with Gasteiger partial charge in [-0.1, -0.05) is 30.7 Å². The van der Waals surface area contributed by atoms with E-state index in [0.29, 0.717) is 17.9 Å². The number of methoxy groups -OCH3 is 1. The highest BCUT2D eigenvalue weighted by molar-refractivity contribution is 7.92. The topological polar surface area (TPSA) is 75.7 Å². The molecule has 6 nitrogen and oxygen atoms in total. The van der Waals surface area contributed by atoms with Gasteiger partial charge in [0.1, 0.15) is 11.8 Å². The maximum absolute atomic E-state index is 13.2. The zero-order valence-corrected chi connectivity index (χ0v) is 20.7. The van der Waals surface area contributed by atoms with E-state index in [1.54, 1.807) is 19.1 Å². The van der Waals surface area contributed by atoms with Gasteiger partial charge in [0.15, 0.2) is 0 Å². The van der Waals surface area contributed by atoms with E-state index in [4.69, 9.17) is 16.3 Å². The largest absolute Gasteiger partial charge is 0.495 e. The Balaban J connectivity index is 2.39. The van der Waals surface area contributed by atoms with Crippen LogP contribution in [-0.4, -0.2) is 33.7 Å². The fraction of sp³-hybridized carbons (Fsp3) is 0.435. The number of hydrogen-bond donors (Lipinski definition) is 1. The maximum atomic E-state index is 13.2. The summed E-state index contributed by atoms with van der Waals surface area (Å²) in [5, 5.41) is 3.26. The Hall–Kier alpha value is -2.25. The monoisotopic (exact) mass is 466 g/mol. The molecule has 2 aromatic carbocycles. The maximum Gasteiger partial charge on any atom is 0.244 e. The van der Waals surface area contributed by atoms with E-state index in [1.165, 1.54) is 18.7 Å². The number of carbonyl (C=O) groups is 1. The van der Waals surface area contributed by atoms with Crippen molar-refractivity contribution in [3.05, 3.63) is 57.6 Å². The first-order valence-electron chi connectivity index (χ1n) is 10.1. The lowest BCUT2D eigenvalue weighted by Crippen LogP contribution is -2.49. The Bertz CT molecular complexity index is 1070. The van der Waals surface area contributed by atoms with Crippen LogP contribution in [0.4, 0.5) is 5.69 Å². The first kappa shape index (κ1) is 25.0. The van der Waals surface area contributed by atoms with Crippen LogP contribution in [0.15, 0.2) is 30.3 Å². The van der Waals surface area contributed by atoms with Gasteiger partial charge in [0.2, 0.25) is 15.9 Å². The lowest BCUT2D eigenvalue weighted by molar-refractivity contribution is -0.122. The lowest BCUT2D eigenvalue weighted by Gasteiger charge is -2.31. The van der Waals surface area contributed by atoms with Gasteiger partial charge < -0.3 is 10.1 Å². The minimum atomic E-state index is -3.76. The zero-order valence-electron chi connectivity index (χ0n) is 19.1. The summed E-state index contributed by atoms with van der Waals surface area (Å²) in [6.45, 7) is 9.76. The Labute approximate surface area is 190 Å². The number of anilines is 1. The number of amides is 1. The summed E-state index contributed by atoms with van der Waals surface area (Å²) in [6.07, 6.45) is 1.37. The summed E-state index contributed by atoms with van der Waals surface area (Å²) in [5.41, 5.74) is 4.71. The van der Waals surface area contributed by atoms with E-state index in [1.807, 2.05) is 27.7 Å². The number of aryl methyl sites for hydroxylation is 3. The molecule has 1 N–H and O–H groups in total. The first-order valence-corrected chi connectivity index (χ1v) is 12.3. The molecule has 0 saturated carbocycles. The highest BCUT2D eigenvalue weighted by atomic mass is 35.5. The van der Waals surface area contributed by atoms with Gasteiger partial charge in [0.25, 0.3) is 0 Å². The minimum Gasteiger partial charge on any atom is -0.495 e. The zero-order chi connectivity index (χ0) is 23.5. The number of benzene rings is 2. The fourth-order valence-corrected chi connectivity index (χ4v) is 5.14. The van der Waals surface area contributed by atoms with E-state index in [0.717, 1.165) is 27.3 Å². The molecule has 0 aliphatic carbocycles. The van der Waals surface area contributed by atoms with Gasteiger partial charge in [-0.3, -0.25) is 9.10 Å². The molecule has 0 heterocycles. The SMILES string of the molecule is CC[C@@H](C(=O)N[C@H](C)c1cc(C)c(C)cc1C)N(c1ccc(OC)c(Cl)c1)S(C)(=O)=O. The van der Waals surface area contributed by atoms with Crippen molar-refractivity contribution in [3.63, 3.8) is 0 Å². The van der Waals surface area contributed by atoms with Crippen molar-refractivity contribution in [3.8, 4) is 5.75 Å². The summed E-state index contributed by atoms with van der Waals surface area (Å²) in [6, 6.07) is 7.62. The Morgan fingerprint density at radius 3 is 2.26 bits per heavy atom. The Morgan fingerprint density at radius 2 is 1.74 bits per heavy atom. The van der Waals surface area contributed by atoms with Crippen molar-refractivity contribution >= 4 is 33.2 Å². The molecule has 0 spiro atoms. The molecule has 0 aliphatic rings. The summed E-state index contributed by atoms with van der Waals surface area (Å²) >= 11 is 6.21. The number of ether oxygens (including phenoxy) is 1. The van der Waals surface area contributed by atoms with Crippen molar-refractivity contribution in [1.29, 1.82) is 0 Å². The van der Waals surface area contributed by atoms with Crippen molar-refractivity contribution < 1.29 is 17.9 Å². The second-order valence-corrected chi connectivity index (χ2v) is 10.1. The molecule has 0 aliphatic heterocycles. The first-order chi connectivity index (χ1) is 14.4. The number of rotatable bonds is 8. The van der Waals surface area contributed by atoms with Crippen molar-refractivity contribution in [1.82, 2.24) is 5.32 Å². The van der Waals surface area contributed by atoms with E-state index < -0.39 is 16.1 Å². The second-order valence-electron chi connectivity index (χ2n) is 7.83. The van der Waals surface area contributed by atoms with E-state index in [2.05, 4.69) is 17.4 Å². The molecule has 0 bridgehead atoms. The molecular weight excluding hydrogens is 436 g/mol. The molecule has 2 aromatic rings. The van der Waals surface area contributed by atoms with Crippen LogP contribution in [-0.2, 0) is 14.8 Å². The standard InChI is InChI=1S/C23H31ClN2O4S/c1-8-21(23(27)25-17(5)19-12-15(3)14(2)11-16(19)4)26(31(7,28)29)18-9-10-22(30-6)20(24)13-18/h9-13,17,21H,8H2,1-7H3,(H,25,27)/t17-,21+/m1/s1. The van der Waals surface area contributed by atoms with Gasteiger partial charge in [-0.25, -0.2) is 8.42 Å². The van der Waals surface area contributed by atoms with Crippen molar-refractivity contribution in [2.24, 2.45) is 0 Å². The molecule has 0 unspecified atom stereocenters. The highest BCUT2D eigenvalue weighted by Gasteiger charge is 2.32. The molecule has 2 rings (SSSR count). The van der Waals surface area contributed by atoms with Gasteiger partial charge in [0.05, 0.1) is 30.1 Å². The molecule has 0 saturated heterocycles. The number of nitrogens with one attached hydrogen (secondary N) is 1. The van der Waals surface area contributed by atoms with Gasteiger partial charge in [0, 0.05) is 0 Å². The molecule has 31 heavy (non-hydrogen) atoms. The van der Waals surface area contributed by atoms with Crippen LogP contribution in [0.2, 0.25) is 5.02 Å². The minimum absolute atomic E-state index is 0.267. The molecule has 8 heteroatoms. The van der Waals surface area contributed by atoms with Gasteiger partial charge >= 0.3 is 0 Å². The molecule has 0 fully saturated rings. The van der Waals surface area contributed by atoms with Gasteiger partial charge in [-0.05, 0) is 74.6 Å². The Kier molecular flexibility index (Phi) is 8.00. The van der Waals surface area contributed by atoms with Crippen LogP contribution >= 0.6 is 11.6 Å². The van der Waals surface area contributed by atoms with Gasteiger partial charge in [-0.2, -0.15) is 0 Å². The third kappa shape index (κ3) is 5.71. The summed E-state index contributed by atoms with van der Waals surface area (Å²) in [7, 11) is -2.28. The number of nitrogens with zero attached hydrogens (tertiary/aromatic N) is 1. The quantitative estimate of drug-likeness (QED) is 0.612. The van der Waals surface area contributed by atoms with Crippen molar-refractivity contribution in [2.45, 2.75) is 53.1 Å². The van der Waals surface area contributed by atoms with Crippen LogP contribution in [0, 0.1) is 20.8 Å². The number of carbonyl (C=O) groups excluding carboxylic acids is 1. The summed E-state index contributed by atoms with van der Waals surface area (Å²) in [4.78, 5) is 13.2. The molecule has 170 valence electrons. The molecule has 0 radical (unpaired) electrons. The number of hydrogen-bond acceptors (Lipinski definition) is 4. The second kappa shape index (κ2) is 9.92. The number of halogens is 1. The van der Waals surface area contributed by atoms with Crippen LogP contribution in [0.5, 0.6) is 5.75 Å². The summed E-state index contributed by atoms with van der Waals surface area (Å²) < 4.78 is 31.6. The van der Waals surface area contributed by atoms with E-state index >= 15 is 0 Å². The third-order valence-corrected chi connectivity index (χ3v) is 6.90. The summed E-state index contributed by atoms with van der Waals surface area (Å²) in [5.74, 6) is 0.0557. The average molecular weight is 467 g/mol. The third-order valence-electron chi connectivity index (χ3n) is 5.43. The fourth-order valence-electron chi connectivity index (χ4n) is 3.69. The molecule has 2 atom stereocenters. The lowest BCUT2D eigenvalue weighted by atomic mass is 9.96. The molecule has 0 aromatic heterocycles.